The summed E-state index contributed by atoms with van der Waals surface area (Å²) in [6.07, 6.45) is 20.1. The van der Waals surface area contributed by atoms with Gasteiger partial charge in [-0.05, 0) is 39.0 Å². The van der Waals surface area contributed by atoms with E-state index in [2.05, 4.69) is 23.6 Å². The molecule has 0 rings (SSSR count). The molecule has 0 aromatic rings. The standard InChI is InChI=1S/C21H39O4P/c1-3-4-5-6-7-8-9-10-11-12-13-14-15-16-17-18-20(22)24-19(2)21(23)25-26/h10-11,19H,3-9,12-18,26H2,1-2H3/b11-10+/t19-/m0/s1. The molecule has 26 heavy (non-hydrogen) atoms. The van der Waals surface area contributed by atoms with Gasteiger partial charge in [-0.1, -0.05) is 70.4 Å². The van der Waals surface area contributed by atoms with Gasteiger partial charge in [0.05, 0.1) is 9.47 Å². The van der Waals surface area contributed by atoms with Crippen molar-refractivity contribution in [2.24, 2.45) is 0 Å². The van der Waals surface area contributed by atoms with Crippen LogP contribution in [0.15, 0.2) is 12.2 Å². The fourth-order valence-corrected chi connectivity index (χ4v) is 2.93. The summed E-state index contributed by atoms with van der Waals surface area (Å²) in [4.78, 5) is 22.7. The van der Waals surface area contributed by atoms with E-state index in [9.17, 15) is 9.59 Å². The van der Waals surface area contributed by atoms with E-state index in [4.69, 9.17) is 4.74 Å². The summed E-state index contributed by atoms with van der Waals surface area (Å²) in [6.45, 7) is 3.77. The monoisotopic (exact) mass is 386 g/mol. The van der Waals surface area contributed by atoms with Crippen LogP contribution >= 0.6 is 9.47 Å². The molecule has 1 unspecified atom stereocenters. The van der Waals surface area contributed by atoms with Crippen LogP contribution in [0.4, 0.5) is 0 Å². The van der Waals surface area contributed by atoms with Crippen molar-refractivity contribution >= 4 is 21.4 Å². The van der Waals surface area contributed by atoms with E-state index in [0.29, 0.717) is 6.42 Å². The van der Waals surface area contributed by atoms with E-state index < -0.39 is 12.1 Å². The molecule has 0 radical (unpaired) electrons. The molecule has 0 bridgehead atoms. The van der Waals surface area contributed by atoms with Gasteiger partial charge in [-0.15, -0.1) is 0 Å². The number of hydrogen-bond acceptors (Lipinski definition) is 4. The zero-order valence-corrected chi connectivity index (χ0v) is 18.0. The summed E-state index contributed by atoms with van der Waals surface area (Å²) in [6, 6.07) is 0. The minimum Gasteiger partial charge on any atom is -0.451 e. The number of allylic oxidation sites excluding steroid dienone is 2. The van der Waals surface area contributed by atoms with E-state index in [-0.39, 0.29) is 5.97 Å². The molecule has 0 saturated carbocycles. The predicted octanol–water partition coefficient (Wildman–Crippen LogP) is 6.29. The van der Waals surface area contributed by atoms with Crippen LogP contribution in [-0.4, -0.2) is 18.0 Å². The summed E-state index contributed by atoms with van der Waals surface area (Å²) in [7, 11) is 1.86. The van der Waals surface area contributed by atoms with Crippen LogP contribution in [0.1, 0.15) is 104 Å². The van der Waals surface area contributed by atoms with E-state index in [1.54, 1.807) is 0 Å². The molecule has 0 N–H and O–H groups in total. The molecule has 0 amide bonds. The lowest BCUT2D eigenvalue weighted by molar-refractivity contribution is -0.160. The van der Waals surface area contributed by atoms with Gasteiger partial charge in [0.15, 0.2) is 6.10 Å². The summed E-state index contributed by atoms with van der Waals surface area (Å²) in [5.74, 6) is -0.876. The Bertz CT molecular complexity index is 382. The lowest BCUT2D eigenvalue weighted by Crippen LogP contribution is -2.23. The Balaban J connectivity index is 3.34. The minimum atomic E-state index is -0.830. The van der Waals surface area contributed by atoms with Gasteiger partial charge in [0.2, 0.25) is 0 Å². The van der Waals surface area contributed by atoms with Crippen molar-refractivity contribution in [2.45, 2.75) is 110 Å². The zero-order valence-electron chi connectivity index (χ0n) is 16.8. The molecule has 0 aromatic carbocycles. The average Bonchev–Trinajstić information content (AvgIpc) is 2.64. The molecule has 0 fully saturated rings. The molecule has 5 heteroatoms. The molecular weight excluding hydrogens is 347 g/mol. The second-order valence-corrected chi connectivity index (χ2v) is 7.14. The fraction of sp³-hybridized carbons (Fsp3) is 0.810. The summed E-state index contributed by atoms with van der Waals surface area (Å²) in [5, 5.41) is 0. The zero-order chi connectivity index (χ0) is 19.5. The highest BCUT2D eigenvalue weighted by Gasteiger charge is 2.17. The minimum absolute atomic E-state index is 0.328. The number of unbranched alkanes of at least 4 members (excludes halogenated alkanes) is 11. The van der Waals surface area contributed by atoms with Crippen molar-refractivity contribution in [1.82, 2.24) is 0 Å². The quantitative estimate of drug-likeness (QED) is 0.128. The molecule has 0 aliphatic heterocycles. The number of rotatable bonds is 17. The van der Waals surface area contributed by atoms with E-state index in [1.165, 1.54) is 64.7 Å². The van der Waals surface area contributed by atoms with E-state index >= 15 is 0 Å². The van der Waals surface area contributed by atoms with Gasteiger partial charge in [0.1, 0.15) is 0 Å². The fourth-order valence-electron chi connectivity index (χ4n) is 2.74. The van der Waals surface area contributed by atoms with Gasteiger partial charge in [-0.2, -0.15) is 0 Å². The number of esters is 1. The van der Waals surface area contributed by atoms with E-state index in [1.807, 2.05) is 9.47 Å². The topological polar surface area (TPSA) is 52.6 Å². The van der Waals surface area contributed by atoms with Crippen molar-refractivity contribution in [3.05, 3.63) is 12.2 Å². The maximum absolute atomic E-state index is 11.6. The molecule has 0 aromatic heterocycles. The van der Waals surface area contributed by atoms with Crippen molar-refractivity contribution in [1.29, 1.82) is 0 Å². The molecule has 2 atom stereocenters. The van der Waals surface area contributed by atoms with Crippen LogP contribution in [0.2, 0.25) is 0 Å². The normalized spacial score (nSPS) is 12.3. The molecule has 0 heterocycles. The molecule has 0 saturated heterocycles. The third-order valence-corrected chi connectivity index (χ3v) is 4.63. The number of carbonyl (C=O) groups excluding carboxylic acids is 2. The first-order valence-corrected chi connectivity index (χ1v) is 10.8. The van der Waals surface area contributed by atoms with Gasteiger partial charge in [-0.25, -0.2) is 4.79 Å². The predicted molar refractivity (Wildman–Crippen MR) is 111 cm³/mol. The molecule has 0 aliphatic carbocycles. The highest BCUT2D eigenvalue weighted by atomic mass is 31.0. The highest BCUT2D eigenvalue weighted by Crippen LogP contribution is 2.10. The first-order chi connectivity index (χ1) is 12.6. The maximum atomic E-state index is 11.6. The molecule has 0 aliphatic rings. The Kier molecular flexibility index (Phi) is 18.2. The summed E-state index contributed by atoms with van der Waals surface area (Å²) < 4.78 is 9.43. The van der Waals surface area contributed by atoms with Gasteiger partial charge >= 0.3 is 11.9 Å². The average molecular weight is 387 g/mol. The SMILES string of the molecule is CCCCCCCC/C=C/CCCCCCCC(=O)O[C@@H](C)C(=O)OP. The van der Waals surface area contributed by atoms with Crippen LogP contribution in [-0.2, 0) is 18.8 Å². The third kappa shape index (κ3) is 16.6. The van der Waals surface area contributed by atoms with E-state index in [0.717, 1.165) is 25.7 Å². The second-order valence-electron chi connectivity index (χ2n) is 6.90. The Morgan fingerprint density at radius 2 is 1.35 bits per heavy atom. The van der Waals surface area contributed by atoms with Gasteiger partial charge in [0.25, 0.3) is 0 Å². The Hall–Kier alpha value is -0.890. The Morgan fingerprint density at radius 3 is 1.88 bits per heavy atom. The maximum Gasteiger partial charge on any atom is 0.349 e. The van der Waals surface area contributed by atoms with Crippen LogP contribution < -0.4 is 0 Å². The highest BCUT2D eigenvalue weighted by molar-refractivity contribution is 7.10. The number of carbonyl (C=O) groups is 2. The van der Waals surface area contributed by atoms with Gasteiger partial charge in [-0.3, -0.25) is 4.79 Å². The van der Waals surface area contributed by atoms with Gasteiger partial charge < -0.3 is 9.26 Å². The number of hydrogen-bond donors (Lipinski definition) is 0. The molecular formula is C21H39O4P. The second kappa shape index (κ2) is 18.9. The smallest absolute Gasteiger partial charge is 0.349 e. The van der Waals surface area contributed by atoms with Crippen molar-refractivity contribution in [3.8, 4) is 0 Å². The van der Waals surface area contributed by atoms with Gasteiger partial charge in [0, 0.05) is 6.42 Å². The lowest BCUT2D eigenvalue weighted by Gasteiger charge is -2.10. The van der Waals surface area contributed by atoms with Crippen LogP contribution in [0, 0.1) is 0 Å². The lowest BCUT2D eigenvalue weighted by atomic mass is 10.1. The van der Waals surface area contributed by atoms with Crippen molar-refractivity contribution in [2.75, 3.05) is 0 Å². The van der Waals surface area contributed by atoms with Crippen LogP contribution in [0.3, 0.4) is 0 Å². The first-order valence-electron chi connectivity index (χ1n) is 10.4. The van der Waals surface area contributed by atoms with Crippen molar-refractivity contribution < 1.29 is 18.8 Å². The molecule has 0 spiro atoms. The van der Waals surface area contributed by atoms with Crippen LogP contribution in [0.25, 0.3) is 0 Å². The molecule has 152 valence electrons. The Morgan fingerprint density at radius 1 is 0.846 bits per heavy atom. The molecule has 4 nitrogen and oxygen atoms in total. The summed E-state index contributed by atoms with van der Waals surface area (Å²) in [5.41, 5.74) is 0. The summed E-state index contributed by atoms with van der Waals surface area (Å²) >= 11 is 0. The third-order valence-electron chi connectivity index (χ3n) is 4.40. The number of ether oxygens (including phenoxy) is 1. The first kappa shape index (κ1) is 25.1. The Labute approximate surface area is 162 Å². The largest absolute Gasteiger partial charge is 0.451 e. The van der Waals surface area contributed by atoms with Crippen molar-refractivity contribution in [3.63, 3.8) is 0 Å². The van der Waals surface area contributed by atoms with Crippen LogP contribution in [0.5, 0.6) is 0 Å².